The Bertz CT molecular complexity index is 500. The second kappa shape index (κ2) is 5.22. The maximum atomic E-state index is 11.8. The normalized spacial score (nSPS) is 12.1. The molecule has 0 aromatic carbocycles. The van der Waals surface area contributed by atoms with Crippen LogP contribution in [0.3, 0.4) is 0 Å². The van der Waals surface area contributed by atoms with Gasteiger partial charge in [0.25, 0.3) is 0 Å². The van der Waals surface area contributed by atoms with E-state index in [1.807, 2.05) is 17.5 Å². The summed E-state index contributed by atoms with van der Waals surface area (Å²) in [5, 5.41) is 12.0. The molecule has 3 N–H and O–H groups in total. The van der Waals surface area contributed by atoms with Crippen molar-refractivity contribution in [1.82, 2.24) is 10.2 Å². The predicted molar refractivity (Wildman–Crippen MR) is 66.9 cm³/mol. The van der Waals surface area contributed by atoms with Gasteiger partial charge < -0.3 is 11.1 Å². The zero-order valence-corrected chi connectivity index (χ0v) is 10.2. The SMILES string of the molecule is NC(C(=O)Nc1ccc(Cl)nn1)c1cccs1. The van der Waals surface area contributed by atoms with Crippen molar-refractivity contribution in [3.05, 3.63) is 39.7 Å². The molecule has 1 unspecified atom stereocenters. The zero-order chi connectivity index (χ0) is 12.3. The van der Waals surface area contributed by atoms with Crippen LogP contribution in [-0.2, 0) is 4.79 Å². The van der Waals surface area contributed by atoms with Crippen LogP contribution >= 0.6 is 22.9 Å². The van der Waals surface area contributed by atoms with Gasteiger partial charge in [-0.15, -0.1) is 21.5 Å². The number of hydrogen-bond acceptors (Lipinski definition) is 5. The van der Waals surface area contributed by atoms with Crippen LogP contribution < -0.4 is 11.1 Å². The highest BCUT2D eigenvalue weighted by Gasteiger charge is 2.17. The lowest BCUT2D eigenvalue weighted by molar-refractivity contribution is -0.117. The number of nitrogens with two attached hydrogens (primary N) is 1. The number of amides is 1. The summed E-state index contributed by atoms with van der Waals surface area (Å²) < 4.78 is 0. The molecule has 7 heteroatoms. The lowest BCUT2D eigenvalue weighted by Crippen LogP contribution is -2.27. The molecular weight excluding hydrogens is 260 g/mol. The number of anilines is 1. The summed E-state index contributed by atoms with van der Waals surface area (Å²) in [4.78, 5) is 12.6. The maximum absolute atomic E-state index is 11.8. The number of carbonyl (C=O) groups is 1. The Kier molecular flexibility index (Phi) is 3.68. The summed E-state index contributed by atoms with van der Waals surface area (Å²) in [7, 11) is 0. The van der Waals surface area contributed by atoms with Gasteiger partial charge in [0.05, 0.1) is 0 Å². The molecule has 17 heavy (non-hydrogen) atoms. The van der Waals surface area contributed by atoms with Crippen molar-refractivity contribution in [2.45, 2.75) is 6.04 Å². The van der Waals surface area contributed by atoms with E-state index >= 15 is 0 Å². The topological polar surface area (TPSA) is 80.9 Å². The Morgan fingerprint density at radius 3 is 2.82 bits per heavy atom. The highest BCUT2D eigenvalue weighted by Crippen LogP contribution is 2.18. The van der Waals surface area contributed by atoms with Crippen LogP contribution in [0.4, 0.5) is 5.82 Å². The molecule has 0 aliphatic rings. The largest absolute Gasteiger partial charge is 0.316 e. The Morgan fingerprint density at radius 1 is 1.41 bits per heavy atom. The molecule has 2 rings (SSSR count). The third-order valence-corrected chi connectivity index (χ3v) is 3.17. The molecule has 5 nitrogen and oxygen atoms in total. The first kappa shape index (κ1) is 12.0. The molecular formula is C10H9ClN4OS. The molecule has 2 heterocycles. The molecule has 2 aromatic rings. The minimum absolute atomic E-state index is 0.269. The highest BCUT2D eigenvalue weighted by atomic mass is 35.5. The van der Waals surface area contributed by atoms with Crippen molar-refractivity contribution in [1.29, 1.82) is 0 Å². The van der Waals surface area contributed by atoms with E-state index < -0.39 is 6.04 Å². The molecule has 0 spiro atoms. The predicted octanol–water partition coefficient (Wildman–Crippen LogP) is 1.83. The van der Waals surface area contributed by atoms with Crippen LogP contribution in [0.2, 0.25) is 5.15 Å². The Morgan fingerprint density at radius 2 is 2.24 bits per heavy atom. The van der Waals surface area contributed by atoms with Crippen molar-refractivity contribution in [2.75, 3.05) is 5.32 Å². The number of halogens is 1. The molecule has 0 bridgehead atoms. The van der Waals surface area contributed by atoms with Gasteiger partial charge >= 0.3 is 0 Å². The quantitative estimate of drug-likeness (QED) is 0.890. The summed E-state index contributed by atoms with van der Waals surface area (Å²) in [6.45, 7) is 0. The van der Waals surface area contributed by atoms with Gasteiger partial charge in [-0.25, -0.2) is 0 Å². The van der Waals surface area contributed by atoms with E-state index in [9.17, 15) is 4.79 Å². The Labute approximate surface area is 107 Å². The smallest absolute Gasteiger partial charge is 0.247 e. The number of nitrogens with one attached hydrogen (secondary N) is 1. The van der Waals surface area contributed by atoms with E-state index in [0.29, 0.717) is 5.82 Å². The van der Waals surface area contributed by atoms with Crippen molar-refractivity contribution in [3.8, 4) is 0 Å². The first-order valence-electron chi connectivity index (χ1n) is 4.76. The molecule has 0 radical (unpaired) electrons. The van der Waals surface area contributed by atoms with Crippen LogP contribution in [0.1, 0.15) is 10.9 Å². The van der Waals surface area contributed by atoms with Crippen LogP contribution in [0.25, 0.3) is 0 Å². The van der Waals surface area contributed by atoms with Gasteiger partial charge in [-0.05, 0) is 23.6 Å². The van der Waals surface area contributed by atoms with Gasteiger partial charge in [-0.3, -0.25) is 4.79 Å². The zero-order valence-electron chi connectivity index (χ0n) is 8.63. The molecule has 88 valence electrons. The van der Waals surface area contributed by atoms with Gasteiger partial charge in [0.1, 0.15) is 6.04 Å². The van der Waals surface area contributed by atoms with Crippen LogP contribution in [0.5, 0.6) is 0 Å². The van der Waals surface area contributed by atoms with Crippen molar-refractivity contribution in [2.24, 2.45) is 5.73 Å². The summed E-state index contributed by atoms with van der Waals surface area (Å²) in [5.41, 5.74) is 5.78. The second-order valence-corrected chi connectivity index (χ2v) is 4.59. The van der Waals surface area contributed by atoms with Crippen molar-refractivity contribution < 1.29 is 4.79 Å². The van der Waals surface area contributed by atoms with Gasteiger partial charge in [-0.2, -0.15) is 0 Å². The molecule has 0 aliphatic carbocycles. The number of nitrogens with zero attached hydrogens (tertiary/aromatic N) is 2. The van der Waals surface area contributed by atoms with E-state index in [-0.39, 0.29) is 11.1 Å². The second-order valence-electron chi connectivity index (χ2n) is 3.22. The molecule has 1 amide bonds. The summed E-state index contributed by atoms with van der Waals surface area (Å²) in [6, 6.07) is 6.06. The summed E-state index contributed by atoms with van der Waals surface area (Å²) in [6.07, 6.45) is 0. The van der Waals surface area contributed by atoms with Crippen LogP contribution in [0, 0.1) is 0 Å². The number of carbonyl (C=O) groups excluding carboxylic acids is 1. The summed E-state index contributed by atoms with van der Waals surface area (Å²) in [5.74, 6) is -0.00419. The van der Waals surface area contributed by atoms with E-state index in [2.05, 4.69) is 15.5 Å². The lowest BCUT2D eigenvalue weighted by Gasteiger charge is -2.09. The van der Waals surface area contributed by atoms with Crippen LogP contribution in [0.15, 0.2) is 29.6 Å². The van der Waals surface area contributed by atoms with E-state index in [4.69, 9.17) is 17.3 Å². The molecule has 2 aromatic heterocycles. The Balaban J connectivity index is 2.04. The van der Waals surface area contributed by atoms with Crippen molar-refractivity contribution >= 4 is 34.7 Å². The standard InChI is InChI=1S/C10H9ClN4OS/c11-7-3-4-8(15-14-7)13-10(16)9(12)6-2-1-5-17-6/h1-5,9H,12H2,(H,13,15,16). The number of thiophene rings is 1. The number of rotatable bonds is 3. The first-order valence-corrected chi connectivity index (χ1v) is 6.01. The molecule has 0 saturated heterocycles. The molecule has 0 fully saturated rings. The number of aromatic nitrogens is 2. The minimum atomic E-state index is -0.701. The van der Waals surface area contributed by atoms with E-state index in [1.54, 1.807) is 12.1 Å². The highest BCUT2D eigenvalue weighted by molar-refractivity contribution is 7.10. The fourth-order valence-electron chi connectivity index (χ4n) is 1.18. The van der Waals surface area contributed by atoms with Crippen LogP contribution in [-0.4, -0.2) is 16.1 Å². The fraction of sp³-hybridized carbons (Fsp3) is 0.100. The van der Waals surface area contributed by atoms with E-state index in [1.165, 1.54) is 11.3 Å². The first-order chi connectivity index (χ1) is 8.16. The van der Waals surface area contributed by atoms with Gasteiger partial charge in [-0.1, -0.05) is 17.7 Å². The average Bonchev–Trinajstić information content (AvgIpc) is 2.84. The fourth-order valence-corrected chi connectivity index (χ4v) is 2.01. The molecule has 0 aliphatic heterocycles. The third-order valence-electron chi connectivity index (χ3n) is 2.02. The van der Waals surface area contributed by atoms with E-state index in [0.717, 1.165) is 4.88 Å². The van der Waals surface area contributed by atoms with Crippen molar-refractivity contribution in [3.63, 3.8) is 0 Å². The minimum Gasteiger partial charge on any atom is -0.316 e. The van der Waals surface area contributed by atoms with Gasteiger partial charge in [0, 0.05) is 4.88 Å². The monoisotopic (exact) mass is 268 g/mol. The lowest BCUT2D eigenvalue weighted by atomic mass is 10.2. The molecule has 0 saturated carbocycles. The number of hydrogen-bond donors (Lipinski definition) is 2. The van der Waals surface area contributed by atoms with Gasteiger partial charge in [0.15, 0.2) is 11.0 Å². The molecule has 1 atom stereocenters. The summed E-state index contributed by atoms with van der Waals surface area (Å²) >= 11 is 7.01. The Hall–Kier alpha value is -1.50. The average molecular weight is 269 g/mol. The van der Waals surface area contributed by atoms with Gasteiger partial charge in [0.2, 0.25) is 5.91 Å². The maximum Gasteiger partial charge on any atom is 0.247 e. The third kappa shape index (κ3) is 3.00.